The zero-order chi connectivity index (χ0) is 11.0. The molecule has 0 saturated carbocycles. The third-order valence-electron chi connectivity index (χ3n) is 2.48. The summed E-state index contributed by atoms with van der Waals surface area (Å²) >= 11 is 0. The maximum Gasteiger partial charge on any atom is 0.187 e. The molecule has 0 aromatic heterocycles. The van der Waals surface area contributed by atoms with Crippen molar-refractivity contribution in [3.05, 3.63) is 35.4 Å². The molecule has 15 heavy (non-hydrogen) atoms. The number of rotatable bonds is 0. The summed E-state index contributed by atoms with van der Waals surface area (Å²) in [6.07, 6.45) is 0. The summed E-state index contributed by atoms with van der Waals surface area (Å²) in [4.78, 5) is 0. The standard InChI is InChI=1S/C14H21.Al.3H/c1-13(2,3)11-9-7-8-10-12(11)14(4,5)6;;;;/h7,9-10H,1-6H3;;;;. The van der Waals surface area contributed by atoms with Crippen molar-refractivity contribution in [3.8, 4) is 0 Å². The molecular weight excluding hydrogens is 195 g/mol. The van der Waals surface area contributed by atoms with Crippen LogP contribution in [0.5, 0.6) is 0 Å². The van der Waals surface area contributed by atoms with Crippen molar-refractivity contribution < 1.29 is 0 Å². The molecule has 1 rings (SSSR count). The highest BCUT2D eigenvalue weighted by Crippen LogP contribution is 2.33. The Morgan fingerprint density at radius 1 is 0.867 bits per heavy atom. The van der Waals surface area contributed by atoms with E-state index >= 15 is 0 Å². The van der Waals surface area contributed by atoms with E-state index in [0.29, 0.717) is 0 Å². The molecule has 1 radical (unpaired) electrons. The molecule has 0 unspecified atom stereocenters. The van der Waals surface area contributed by atoms with Crippen LogP contribution in [-0.2, 0) is 10.8 Å². The first-order valence-electron chi connectivity index (χ1n) is 5.24. The Labute approximate surface area is 105 Å². The van der Waals surface area contributed by atoms with Gasteiger partial charge in [-0.1, -0.05) is 59.7 Å². The van der Waals surface area contributed by atoms with Gasteiger partial charge in [-0.2, -0.15) is 0 Å². The van der Waals surface area contributed by atoms with E-state index in [1.165, 1.54) is 11.1 Å². The molecule has 0 aliphatic heterocycles. The van der Waals surface area contributed by atoms with Crippen LogP contribution < -0.4 is 0 Å². The maximum absolute atomic E-state index is 3.18. The van der Waals surface area contributed by atoms with Gasteiger partial charge in [-0.25, -0.2) is 0 Å². The quantitative estimate of drug-likeness (QED) is 0.589. The van der Waals surface area contributed by atoms with E-state index in [1.54, 1.807) is 0 Å². The van der Waals surface area contributed by atoms with E-state index < -0.39 is 0 Å². The van der Waals surface area contributed by atoms with Crippen LogP contribution in [0, 0.1) is 6.07 Å². The molecule has 1 aromatic carbocycles. The molecule has 0 aliphatic carbocycles. The van der Waals surface area contributed by atoms with Gasteiger partial charge < -0.3 is 0 Å². The molecule has 83 valence electrons. The maximum atomic E-state index is 3.18. The predicted molar refractivity (Wildman–Crippen MR) is 72.6 cm³/mol. The SMILES string of the molecule is CC(C)(C)c1c[c]ccc1C(C)(C)C.[AlH3]. The fraction of sp³-hybridized carbons (Fsp3) is 0.571. The van der Waals surface area contributed by atoms with E-state index in [4.69, 9.17) is 0 Å². The zero-order valence-electron chi connectivity index (χ0n) is 10.2. The lowest BCUT2D eigenvalue weighted by molar-refractivity contribution is 0.530. The van der Waals surface area contributed by atoms with Gasteiger partial charge in [-0.15, -0.1) is 0 Å². The van der Waals surface area contributed by atoms with Gasteiger partial charge in [-0.3, -0.25) is 0 Å². The minimum absolute atomic E-state index is 0. The summed E-state index contributed by atoms with van der Waals surface area (Å²) < 4.78 is 0. The summed E-state index contributed by atoms with van der Waals surface area (Å²) in [7, 11) is 0. The third kappa shape index (κ3) is 3.67. The lowest BCUT2D eigenvalue weighted by atomic mass is 9.75. The Morgan fingerprint density at radius 2 is 1.33 bits per heavy atom. The third-order valence-corrected chi connectivity index (χ3v) is 2.48. The fourth-order valence-corrected chi connectivity index (χ4v) is 1.70. The molecular formula is C14H24Al. The van der Waals surface area contributed by atoms with Crippen molar-refractivity contribution in [2.75, 3.05) is 0 Å². The van der Waals surface area contributed by atoms with E-state index in [0.717, 1.165) is 0 Å². The summed E-state index contributed by atoms with van der Waals surface area (Å²) in [5.74, 6) is 0. The van der Waals surface area contributed by atoms with Gasteiger partial charge in [0.1, 0.15) is 0 Å². The number of hydrogen-bond donors (Lipinski definition) is 0. The minimum Gasteiger partial charge on any atom is -0.0576 e. The molecule has 0 N–H and O–H groups in total. The largest absolute Gasteiger partial charge is 0.187 e. The highest BCUT2D eigenvalue weighted by molar-refractivity contribution is 5.75. The van der Waals surface area contributed by atoms with Gasteiger partial charge >= 0.3 is 0 Å². The molecule has 1 heteroatoms. The highest BCUT2D eigenvalue weighted by atomic mass is 27.0. The van der Waals surface area contributed by atoms with Gasteiger partial charge in [0.15, 0.2) is 17.4 Å². The van der Waals surface area contributed by atoms with E-state index in [2.05, 4.69) is 59.7 Å². The first kappa shape index (κ1) is 14.8. The second-order valence-electron chi connectivity index (χ2n) is 5.97. The Balaban J connectivity index is 0.00000196. The van der Waals surface area contributed by atoms with Crippen LogP contribution in [0.25, 0.3) is 0 Å². The second kappa shape index (κ2) is 4.73. The number of hydrogen-bond acceptors (Lipinski definition) is 0. The van der Waals surface area contributed by atoms with Gasteiger partial charge in [0, 0.05) is 0 Å². The van der Waals surface area contributed by atoms with Gasteiger partial charge in [0.2, 0.25) is 0 Å². The van der Waals surface area contributed by atoms with Gasteiger partial charge in [0.25, 0.3) is 0 Å². The molecule has 0 heterocycles. The Kier molecular flexibility index (Phi) is 4.65. The number of benzene rings is 1. The Hall–Kier alpha value is -0.248. The van der Waals surface area contributed by atoms with E-state index in [-0.39, 0.29) is 28.2 Å². The highest BCUT2D eigenvalue weighted by Gasteiger charge is 2.23. The Bertz CT molecular complexity index is 280. The summed E-state index contributed by atoms with van der Waals surface area (Å²) in [5, 5.41) is 0. The van der Waals surface area contributed by atoms with Crippen molar-refractivity contribution in [2.45, 2.75) is 52.4 Å². The van der Waals surface area contributed by atoms with Gasteiger partial charge in [0.05, 0.1) is 0 Å². The Morgan fingerprint density at radius 3 is 1.67 bits per heavy atom. The van der Waals surface area contributed by atoms with Crippen LogP contribution in [0.4, 0.5) is 0 Å². The first-order chi connectivity index (χ1) is 6.23. The smallest absolute Gasteiger partial charge is 0.0576 e. The normalized spacial score (nSPS) is 12.1. The van der Waals surface area contributed by atoms with Crippen molar-refractivity contribution in [1.82, 2.24) is 0 Å². The van der Waals surface area contributed by atoms with Crippen LogP contribution in [0.15, 0.2) is 18.2 Å². The molecule has 0 spiro atoms. The average Bonchev–Trinajstić information content (AvgIpc) is 2.01. The molecule has 0 saturated heterocycles. The molecule has 0 atom stereocenters. The predicted octanol–water partition coefficient (Wildman–Crippen LogP) is 2.90. The van der Waals surface area contributed by atoms with Crippen molar-refractivity contribution in [1.29, 1.82) is 0 Å². The average molecular weight is 219 g/mol. The first-order valence-corrected chi connectivity index (χ1v) is 5.24. The topological polar surface area (TPSA) is 0 Å². The second-order valence-corrected chi connectivity index (χ2v) is 5.97. The summed E-state index contributed by atoms with van der Waals surface area (Å²) in [6, 6.07) is 9.51. The van der Waals surface area contributed by atoms with Crippen molar-refractivity contribution in [2.24, 2.45) is 0 Å². The fourth-order valence-electron chi connectivity index (χ4n) is 1.70. The van der Waals surface area contributed by atoms with Crippen molar-refractivity contribution >= 4 is 17.4 Å². The molecule has 0 nitrogen and oxygen atoms in total. The van der Waals surface area contributed by atoms with Crippen LogP contribution >= 0.6 is 0 Å². The minimum atomic E-state index is 0. The summed E-state index contributed by atoms with van der Waals surface area (Å²) in [5.41, 5.74) is 3.27. The molecule has 0 amide bonds. The zero-order valence-corrected chi connectivity index (χ0v) is 10.2. The van der Waals surface area contributed by atoms with Crippen LogP contribution in [0.3, 0.4) is 0 Å². The molecule has 0 fully saturated rings. The van der Waals surface area contributed by atoms with Crippen LogP contribution in [0.1, 0.15) is 52.7 Å². The monoisotopic (exact) mass is 219 g/mol. The molecule has 0 bridgehead atoms. The van der Waals surface area contributed by atoms with Crippen LogP contribution in [-0.4, -0.2) is 17.4 Å². The molecule has 0 aliphatic rings. The summed E-state index contributed by atoms with van der Waals surface area (Å²) in [6.45, 7) is 13.6. The lowest BCUT2D eigenvalue weighted by Crippen LogP contribution is -2.21. The van der Waals surface area contributed by atoms with Gasteiger partial charge in [-0.05, 0) is 28.0 Å². The van der Waals surface area contributed by atoms with Crippen molar-refractivity contribution in [3.63, 3.8) is 0 Å². The lowest BCUT2D eigenvalue weighted by Gasteiger charge is -2.29. The molecule has 1 aromatic rings. The van der Waals surface area contributed by atoms with E-state index in [9.17, 15) is 0 Å². The van der Waals surface area contributed by atoms with Crippen LogP contribution in [0.2, 0.25) is 0 Å². The van der Waals surface area contributed by atoms with E-state index in [1.807, 2.05) is 6.07 Å².